The van der Waals surface area contributed by atoms with Crippen LogP contribution in [0, 0.1) is 11.6 Å². The fourth-order valence-electron chi connectivity index (χ4n) is 3.77. The van der Waals surface area contributed by atoms with Gasteiger partial charge in [-0.2, -0.15) is 26.3 Å². The summed E-state index contributed by atoms with van der Waals surface area (Å²) in [6, 6.07) is 4.02. The Morgan fingerprint density at radius 3 is 2.32 bits per heavy atom. The van der Waals surface area contributed by atoms with Crippen LogP contribution in [0.4, 0.5) is 46.5 Å². The van der Waals surface area contributed by atoms with Crippen LogP contribution >= 0.6 is 9.24 Å². The van der Waals surface area contributed by atoms with Gasteiger partial charge in [0.15, 0.2) is 0 Å². The molecule has 2 aromatic carbocycles. The van der Waals surface area contributed by atoms with E-state index in [0.29, 0.717) is 41.2 Å². The second-order valence-corrected chi connectivity index (χ2v) is 9.00. The van der Waals surface area contributed by atoms with Crippen molar-refractivity contribution in [3.8, 4) is 0 Å². The van der Waals surface area contributed by atoms with Crippen molar-refractivity contribution < 1.29 is 35.1 Å². The van der Waals surface area contributed by atoms with E-state index < -0.39 is 40.9 Å². The third kappa shape index (κ3) is 7.90. The molecule has 4 N–H and O–H groups in total. The number of hydrogen-bond donors (Lipinski definition) is 3. The zero-order valence-corrected chi connectivity index (χ0v) is 20.6. The van der Waals surface area contributed by atoms with Crippen molar-refractivity contribution in [3.63, 3.8) is 0 Å². The first kappa shape index (κ1) is 28.9. The number of nitrogens with one attached hydrogen (secondary N) is 2. The Labute approximate surface area is 210 Å². The van der Waals surface area contributed by atoms with E-state index in [1.807, 2.05) is 0 Å². The zero-order valence-electron chi connectivity index (χ0n) is 19.4. The Kier molecular flexibility index (Phi) is 9.20. The Morgan fingerprint density at radius 1 is 1.03 bits per heavy atom. The highest BCUT2D eigenvalue weighted by Gasteiger charge is 2.38. The number of anilines is 2. The topological polar surface area (TPSA) is 53.3 Å². The molecule has 1 saturated heterocycles. The summed E-state index contributed by atoms with van der Waals surface area (Å²) in [5, 5.41) is 5.31. The summed E-state index contributed by atoms with van der Waals surface area (Å²) in [4.78, 5) is 2.05. The lowest BCUT2D eigenvalue weighted by molar-refractivity contribution is -0.137. The lowest BCUT2D eigenvalue weighted by Crippen LogP contribution is -2.43. The van der Waals surface area contributed by atoms with Crippen molar-refractivity contribution in [1.29, 1.82) is 0 Å². The molecule has 1 aliphatic heterocycles. The lowest BCUT2D eigenvalue weighted by atomic mass is 10.1. The molecular weight excluding hydrogens is 527 g/mol. The van der Waals surface area contributed by atoms with E-state index >= 15 is 0 Å². The second kappa shape index (κ2) is 11.8. The first-order valence-corrected chi connectivity index (χ1v) is 11.7. The van der Waals surface area contributed by atoms with E-state index in [-0.39, 0.29) is 18.2 Å². The summed E-state index contributed by atoms with van der Waals surface area (Å²) >= 11 is 0. The van der Waals surface area contributed by atoms with E-state index in [0.717, 1.165) is 32.2 Å². The van der Waals surface area contributed by atoms with Gasteiger partial charge in [0.05, 0.1) is 11.3 Å². The predicted molar refractivity (Wildman–Crippen MR) is 130 cm³/mol. The minimum Gasteiger partial charge on any atom is -0.398 e. The highest BCUT2D eigenvalue weighted by atomic mass is 31.0. The molecule has 13 heteroatoms. The van der Waals surface area contributed by atoms with Gasteiger partial charge in [-0.1, -0.05) is 12.2 Å². The number of allylic oxidation sites excluding steroid dienone is 3. The Morgan fingerprint density at radius 2 is 1.70 bits per heavy atom. The van der Waals surface area contributed by atoms with Gasteiger partial charge in [0.1, 0.15) is 17.3 Å². The van der Waals surface area contributed by atoms with Gasteiger partial charge in [-0.05, 0) is 42.1 Å². The molecule has 0 amide bonds. The summed E-state index contributed by atoms with van der Waals surface area (Å²) < 4.78 is 108. The summed E-state index contributed by atoms with van der Waals surface area (Å²) in [7, 11) is 2.33. The highest BCUT2D eigenvalue weighted by molar-refractivity contribution is 7.31. The van der Waals surface area contributed by atoms with Crippen molar-refractivity contribution in [2.75, 3.05) is 37.2 Å². The maximum absolute atomic E-state index is 14.5. The third-order valence-electron chi connectivity index (χ3n) is 5.65. The molecule has 202 valence electrons. The van der Waals surface area contributed by atoms with Crippen LogP contribution in [0.15, 0.2) is 48.2 Å². The maximum atomic E-state index is 14.5. The molecule has 0 aromatic heterocycles. The van der Waals surface area contributed by atoms with Crippen molar-refractivity contribution in [2.24, 2.45) is 0 Å². The van der Waals surface area contributed by atoms with Gasteiger partial charge in [-0.3, -0.25) is 4.90 Å². The van der Waals surface area contributed by atoms with Crippen LogP contribution in [0.1, 0.15) is 23.1 Å². The minimum absolute atomic E-state index is 0.0853. The molecular formula is C24H25F8N4P. The van der Waals surface area contributed by atoms with E-state index in [2.05, 4.69) is 19.5 Å². The number of hydrogen-bond acceptors (Lipinski definition) is 4. The second-order valence-electron chi connectivity index (χ2n) is 8.38. The molecule has 2 aromatic rings. The van der Waals surface area contributed by atoms with Crippen molar-refractivity contribution in [2.45, 2.75) is 25.3 Å². The molecule has 1 atom stereocenters. The Bertz CT molecular complexity index is 1170. The third-order valence-corrected chi connectivity index (χ3v) is 6.20. The number of nitrogen functional groups attached to an aromatic ring is 1. The predicted octanol–water partition coefficient (Wildman–Crippen LogP) is 6.14. The SMILES string of the molecule is Nc1cc(F)c(CN2CCNCC2)cc1/C(P)=C\C/C=C(/Nc1ccc(F)cc1C(F)(F)F)C(F)(F)F. The molecule has 0 radical (unpaired) electrons. The van der Waals surface area contributed by atoms with Crippen LogP contribution in [0.2, 0.25) is 0 Å². The molecule has 0 bridgehead atoms. The number of nitrogens with two attached hydrogens (primary N) is 1. The van der Waals surface area contributed by atoms with E-state index in [1.54, 1.807) is 5.32 Å². The molecule has 0 aliphatic carbocycles. The highest BCUT2D eigenvalue weighted by Crippen LogP contribution is 2.38. The Balaban J connectivity index is 1.84. The first-order valence-electron chi connectivity index (χ1n) is 11.1. The van der Waals surface area contributed by atoms with Gasteiger partial charge in [-0.15, -0.1) is 9.24 Å². The van der Waals surface area contributed by atoms with Gasteiger partial charge < -0.3 is 16.4 Å². The van der Waals surface area contributed by atoms with E-state index in [4.69, 9.17) is 5.73 Å². The number of benzene rings is 2. The van der Waals surface area contributed by atoms with Crippen LogP contribution in [-0.2, 0) is 12.7 Å². The summed E-state index contributed by atoms with van der Waals surface area (Å²) in [6.07, 6.45) is -8.40. The lowest BCUT2D eigenvalue weighted by Gasteiger charge is -2.27. The molecule has 0 spiro atoms. The molecule has 3 rings (SSSR count). The van der Waals surface area contributed by atoms with Crippen LogP contribution in [0.25, 0.3) is 5.31 Å². The molecule has 1 fully saturated rings. The summed E-state index contributed by atoms with van der Waals surface area (Å²) in [6.45, 7) is 3.32. The molecule has 0 saturated carbocycles. The molecule has 1 aliphatic rings. The first-order chi connectivity index (χ1) is 17.3. The van der Waals surface area contributed by atoms with Gasteiger partial charge in [-0.25, -0.2) is 8.78 Å². The normalized spacial score (nSPS) is 16.2. The Hall–Kier alpha value is -2.69. The standard InChI is InChI=1S/C24H25F8N4P/c25-15-4-5-20(17(11-15)23(27,28)29)35-22(24(30,31)32)3-1-2-21(37)16-10-14(18(26)12-19(16)33)13-36-8-6-34-7-9-36/h2-5,10-12,34-35H,1,6-9,13,33,37H2/b21-2+,22-3+. The van der Waals surface area contributed by atoms with Crippen LogP contribution in [0.3, 0.4) is 0 Å². The van der Waals surface area contributed by atoms with Crippen LogP contribution in [0.5, 0.6) is 0 Å². The van der Waals surface area contributed by atoms with E-state index in [1.165, 1.54) is 12.1 Å². The van der Waals surface area contributed by atoms with Crippen molar-refractivity contribution in [1.82, 2.24) is 10.2 Å². The number of rotatable bonds is 7. The number of halogens is 8. The van der Waals surface area contributed by atoms with Crippen LogP contribution < -0.4 is 16.4 Å². The van der Waals surface area contributed by atoms with Gasteiger partial charge >= 0.3 is 12.4 Å². The van der Waals surface area contributed by atoms with Gasteiger partial charge in [0.25, 0.3) is 0 Å². The fourth-order valence-corrected chi connectivity index (χ4v) is 4.16. The summed E-state index contributed by atoms with van der Waals surface area (Å²) in [5.74, 6) is -1.74. The maximum Gasteiger partial charge on any atom is 0.430 e. The van der Waals surface area contributed by atoms with Gasteiger partial charge in [0, 0.05) is 49.5 Å². The minimum atomic E-state index is -5.07. The van der Waals surface area contributed by atoms with E-state index in [9.17, 15) is 35.1 Å². The average molecular weight is 552 g/mol. The fraction of sp³-hybridized carbons (Fsp3) is 0.333. The summed E-state index contributed by atoms with van der Waals surface area (Å²) in [5.41, 5.74) is 2.85. The molecule has 1 heterocycles. The number of piperazine rings is 1. The van der Waals surface area contributed by atoms with Crippen LogP contribution in [-0.4, -0.2) is 37.3 Å². The zero-order chi connectivity index (χ0) is 27.4. The molecule has 37 heavy (non-hydrogen) atoms. The monoisotopic (exact) mass is 552 g/mol. The number of nitrogens with zero attached hydrogens (tertiary/aromatic N) is 1. The quantitative estimate of drug-likeness (QED) is 0.220. The number of alkyl halides is 6. The van der Waals surface area contributed by atoms with Crippen molar-refractivity contribution in [3.05, 3.63) is 76.5 Å². The smallest absolute Gasteiger partial charge is 0.398 e. The largest absolute Gasteiger partial charge is 0.430 e. The molecule has 4 nitrogen and oxygen atoms in total. The average Bonchev–Trinajstić information content (AvgIpc) is 2.80. The van der Waals surface area contributed by atoms with Crippen molar-refractivity contribution >= 4 is 25.9 Å². The molecule has 1 unspecified atom stereocenters. The van der Waals surface area contributed by atoms with Gasteiger partial charge in [0.2, 0.25) is 0 Å².